The van der Waals surface area contributed by atoms with E-state index in [0.717, 1.165) is 11.1 Å². The Hall–Kier alpha value is -1.76. The normalized spacial score (nSPS) is 15.2. The summed E-state index contributed by atoms with van der Waals surface area (Å²) in [6.07, 6.45) is 1.56. The molecule has 6 heteroatoms. The fourth-order valence-corrected chi connectivity index (χ4v) is 4.00. The van der Waals surface area contributed by atoms with Gasteiger partial charge in [-0.25, -0.2) is 8.42 Å². The number of benzene rings is 1. The SMILES string of the molecule is NCc1ncccc1S(=O)(=O)N1Cc2ccccc2C1. The van der Waals surface area contributed by atoms with Crippen LogP contribution in [0.5, 0.6) is 0 Å². The Morgan fingerprint density at radius 3 is 2.35 bits per heavy atom. The minimum absolute atomic E-state index is 0.107. The molecule has 1 aliphatic heterocycles. The molecule has 0 unspecified atom stereocenters. The highest BCUT2D eigenvalue weighted by atomic mass is 32.2. The third-order valence-electron chi connectivity index (χ3n) is 3.47. The van der Waals surface area contributed by atoms with E-state index in [-0.39, 0.29) is 11.4 Å². The highest BCUT2D eigenvalue weighted by molar-refractivity contribution is 7.89. The smallest absolute Gasteiger partial charge is 0.245 e. The van der Waals surface area contributed by atoms with Gasteiger partial charge in [-0.3, -0.25) is 4.98 Å². The van der Waals surface area contributed by atoms with E-state index >= 15 is 0 Å². The summed E-state index contributed by atoms with van der Waals surface area (Å²) in [5, 5.41) is 0. The van der Waals surface area contributed by atoms with Crippen molar-refractivity contribution in [3.8, 4) is 0 Å². The summed E-state index contributed by atoms with van der Waals surface area (Å²) in [5.74, 6) is 0. The Morgan fingerprint density at radius 2 is 1.75 bits per heavy atom. The lowest BCUT2D eigenvalue weighted by atomic mass is 10.1. The molecule has 0 radical (unpaired) electrons. The van der Waals surface area contributed by atoms with E-state index in [2.05, 4.69) is 4.98 Å². The zero-order valence-electron chi connectivity index (χ0n) is 10.9. The summed E-state index contributed by atoms with van der Waals surface area (Å²) in [6.45, 7) is 0.908. The van der Waals surface area contributed by atoms with Gasteiger partial charge < -0.3 is 5.73 Å². The van der Waals surface area contributed by atoms with Crippen LogP contribution in [0.15, 0.2) is 47.5 Å². The van der Waals surface area contributed by atoms with Gasteiger partial charge in [-0.1, -0.05) is 24.3 Å². The second kappa shape index (κ2) is 4.97. The Morgan fingerprint density at radius 1 is 1.10 bits per heavy atom. The maximum Gasteiger partial charge on any atom is 0.245 e. The van der Waals surface area contributed by atoms with Crippen molar-refractivity contribution in [1.29, 1.82) is 0 Å². The lowest BCUT2D eigenvalue weighted by Crippen LogP contribution is -2.27. The molecule has 0 aliphatic carbocycles. The van der Waals surface area contributed by atoms with E-state index in [4.69, 9.17) is 5.73 Å². The number of hydrogen-bond acceptors (Lipinski definition) is 4. The largest absolute Gasteiger partial charge is 0.325 e. The molecular formula is C14H15N3O2S. The van der Waals surface area contributed by atoms with E-state index in [9.17, 15) is 8.42 Å². The molecule has 0 fully saturated rings. The lowest BCUT2D eigenvalue weighted by molar-refractivity contribution is 0.430. The summed E-state index contributed by atoms with van der Waals surface area (Å²) < 4.78 is 26.9. The molecule has 0 amide bonds. The minimum atomic E-state index is -3.56. The highest BCUT2D eigenvalue weighted by Crippen LogP contribution is 2.29. The maximum absolute atomic E-state index is 12.7. The van der Waals surface area contributed by atoms with Gasteiger partial charge in [-0.05, 0) is 23.3 Å². The third-order valence-corrected chi connectivity index (χ3v) is 5.34. The van der Waals surface area contributed by atoms with Crippen molar-refractivity contribution in [2.75, 3.05) is 0 Å². The van der Waals surface area contributed by atoms with Crippen molar-refractivity contribution in [2.45, 2.75) is 24.5 Å². The molecule has 20 heavy (non-hydrogen) atoms. The van der Waals surface area contributed by atoms with Crippen LogP contribution in [-0.2, 0) is 29.7 Å². The predicted octanol–water partition coefficient (Wildman–Crippen LogP) is 1.24. The van der Waals surface area contributed by atoms with E-state index in [1.54, 1.807) is 18.3 Å². The van der Waals surface area contributed by atoms with Crippen LogP contribution in [0.4, 0.5) is 0 Å². The summed E-state index contributed by atoms with van der Waals surface area (Å²) >= 11 is 0. The molecular weight excluding hydrogens is 274 g/mol. The van der Waals surface area contributed by atoms with Crippen LogP contribution >= 0.6 is 0 Å². The summed E-state index contributed by atoms with van der Waals surface area (Å²) in [7, 11) is -3.56. The molecule has 0 saturated heterocycles. The molecule has 1 aromatic heterocycles. The molecule has 0 saturated carbocycles. The number of nitrogens with zero attached hydrogens (tertiary/aromatic N) is 2. The number of hydrogen-bond donors (Lipinski definition) is 1. The average Bonchev–Trinajstić information content (AvgIpc) is 2.92. The van der Waals surface area contributed by atoms with Crippen molar-refractivity contribution < 1.29 is 8.42 Å². The topological polar surface area (TPSA) is 76.3 Å². The number of fused-ring (bicyclic) bond motifs is 1. The third kappa shape index (κ3) is 2.11. The number of pyridine rings is 1. The van der Waals surface area contributed by atoms with E-state index in [1.807, 2.05) is 24.3 Å². The Labute approximate surface area is 118 Å². The molecule has 1 aliphatic rings. The second-order valence-electron chi connectivity index (χ2n) is 4.69. The Kier molecular flexibility index (Phi) is 3.29. The second-order valence-corrected chi connectivity index (χ2v) is 6.60. The van der Waals surface area contributed by atoms with Crippen LogP contribution in [0.1, 0.15) is 16.8 Å². The predicted molar refractivity (Wildman–Crippen MR) is 75.0 cm³/mol. The highest BCUT2D eigenvalue weighted by Gasteiger charge is 2.31. The standard InChI is InChI=1S/C14H15N3O2S/c15-8-13-14(6-3-7-16-13)20(18,19)17-9-11-4-1-2-5-12(11)10-17/h1-7H,8-10,15H2. The molecule has 0 atom stereocenters. The number of nitrogens with two attached hydrogens (primary N) is 1. The van der Waals surface area contributed by atoms with Crippen molar-refractivity contribution in [2.24, 2.45) is 5.73 Å². The van der Waals surface area contributed by atoms with E-state index in [0.29, 0.717) is 18.8 Å². The van der Waals surface area contributed by atoms with E-state index < -0.39 is 10.0 Å². The van der Waals surface area contributed by atoms with Crippen LogP contribution in [0.25, 0.3) is 0 Å². The summed E-state index contributed by atoms with van der Waals surface area (Å²) in [4.78, 5) is 4.26. The van der Waals surface area contributed by atoms with Gasteiger partial charge in [0.1, 0.15) is 4.90 Å². The van der Waals surface area contributed by atoms with Crippen molar-refractivity contribution in [3.63, 3.8) is 0 Å². The van der Waals surface area contributed by atoms with E-state index in [1.165, 1.54) is 4.31 Å². The first-order valence-corrected chi connectivity index (χ1v) is 7.78. The van der Waals surface area contributed by atoms with Gasteiger partial charge in [0.05, 0.1) is 5.69 Å². The first kappa shape index (κ1) is 13.2. The molecule has 2 N–H and O–H groups in total. The number of sulfonamides is 1. The zero-order chi connectivity index (χ0) is 14.2. The van der Waals surface area contributed by atoms with Gasteiger partial charge in [0, 0.05) is 25.8 Å². The molecule has 2 heterocycles. The summed E-state index contributed by atoms with van der Waals surface area (Å²) in [5.41, 5.74) is 8.09. The minimum Gasteiger partial charge on any atom is -0.325 e. The quantitative estimate of drug-likeness (QED) is 0.922. The average molecular weight is 289 g/mol. The first-order chi connectivity index (χ1) is 9.63. The van der Waals surface area contributed by atoms with Crippen LogP contribution in [0.2, 0.25) is 0 Å². The monoisotopic (exact) mass is 289 g/mol. The van der Waals surface area contributed by atoms with Gasteiger partial charge in [-0.2, -0.15) is 4.31 Å². The molecule has 2 aromatic rings. The fraction of sp³-hybridized carbons (Fsp3) is 0.214. The van der Waals surface area contributed by atoms with Gasteiger partial charge >= 0.3 is 0 Å². The van der Waals surface area contributed by atoms with Crippen LogP contribution < -0.4 is 5.73 Å². The Bertz CT molecular complexity index is 719. The van der Waals surface area contributed by atoms with Crippen molar-refractivity contribution in [1.82, 2.24) is 9.29 Å². The van der Waals surface area contributed by atoms with Crippen molar-refractivity contribution in [3.05, 3.63) is 59.4 Å². The number of aromatic nitrogens is 1. The maximum atomic E-state index is 12.7. The fourth-order valence-electron chi connectivity index (χ4n) is 2.42. The molecule has 5 nitrogen and oxygen atoms in total. The molecule has 0 bridgehead atoms. The van der Waals surface area contributed by atoms with Crippen LogP contribution in [-0.4, -0.2) is 17.7 Å². The molecule has 104 valence electrons. The Balaban J connectivity index is 1.99. The molecule has 3 rings (SSSR count). The van der Waals surface area contributed by atoms with Gasteiger partial charge in [0.25, 0.3) is 0 Å². The van der Waals surface area contributed by atoms with Crippen molar-refractivity contribution >= 4 is 10.0 Å². The van der Waals surface area contributed by atoms with Crippen LogP contribution in [0, 0.1) is 0 Å². The van der Waals surface area contributed by atoms with Gasteiger partial charge in [0.2, 0.25) is 10.0 Å². The zero-order valence-corrected chi connectivity index (χ0v) is 11.7. The van der Waals surface area contributed by atoms with Gasteiger partial charge in [0.15, 0.2) is 0 Å². The number of rotatable bonds is 3. The first-order valence-electron chi connectivity index (χ1n) is 6.34. The molecule has 1 aromatic carbocycles. The van der Waals surface area contributed by atoms with Gasteiger partial charge in [-0.15, -0.1) is 0 Å². The van der Waals surface area contributed by atoms with Crippen LogP contribution in [0.3, 0.4) is 0 Å². The summed E-state index contributed by atoms with van der Waals surface area (Å²) in [6, 6.07) is 10.9. The molecule has 0 spiro atoms. The lowest BCUT2D eigenvalue weighted by Gasteiger charge is -2.17.